The molecule has 2 aromatic rings. The van der Waals surface area contributed by atoms with Crippen LogP contribution >= 0.6 is 0 Å². The SMILES string of the molecule is CC1CN(c2ccc(N3C[C@@H](C)O[C@@H](C)C3)cc2)C(=O)c2cccc(O)c21. The molecule has 2 aliphatic heterocycles. The Morgan fingerprint density at radius 2 is 1.56 bits per heavy atom. The lowest BCUT2D eigenvalue weighted by Gasteiger charge is -2.37. The fourth-order valence-corrected chi connectivity index (χ4v) is 4.31. The zero-order chi connectivity index (χ0) is 19.1. The van der Waals surface area contributed by atoms with Crippen molar-refractivity contribution in [3.63, 3.8) is 0 Å². The van der Waals surface area contributed by atoms with E-state index in [-0.39, 0.29) is 29.8 Å². The summed E-state index contributed by atoms with van der Waals surface area (Å²) in [6.07, 6.45) is 0.421. The molecule has 0 spiro atoms. The Kier molecular flexibility index (Phi) is 4.56. The maximum absolute atomic E-state index is 13.0. The highest BCUT2D eigenvalue weighted by atomic mass is 16.5. The lowest BCUT2D eigenvalue weighted by molar-refractivity contribution is -0.00521. The van der Waals surface area contributed by atoms with Gasteiger partial charge in [-0.15, -0.1) is 0 Å². The van der Waals surface area contributed by atoms with Crippen LogP contribution in [0.25, 0.3) is 0 Å². The number of phenols is 1. The van der Waals surface area contributed by atoms with Crippen LogP contribution in [0, 0.1) is 0 Å². The van der Waals surface area contributed by atoms with Crippen molar-refractivity contribution in [1.29, 1.82) is 0 Å². The molecular weight excluding hydrogens is 340 g/mol. The van der Waals surface area contributed by atoms with Crippen molar-refractivity contribution >= 4 is 17.3 Å². The number of rotatable bonds is 2. The number of hydrogen-bond donors (Lipinski definition) is 1. The van der Waals surface area contributed by atoms with Crippen LogP contribution in [0.2, 0.25) is 0 Å². The normalized spacial score (nSPS) is 25.4. The predicted molar refractivity (Wildman–Crippen MR) is 107 cm³/mol. The number of phenolic OH excluding ortho intramolecular Hbond substituents is 1. The molecule has 142 valence electrons. The third kappa shape index (κ3) is 3.28. The van der Waals surface area contributed by atoms with Gasteiger partial charge in [-0.25, -0.2) is 0 Å². The van der Waals surface area contributed by atoms with E-state index in [1.54, 1.807) is 23.1 Å². The second kappa shape index (κ2) is 6.89. The zero-order valence-electron chi connectivity index (χ0n) is 16.1. The molecule has 1 saturated heterocycles. The number of aromatic hydroxyl groups is 1. The van der Waals surface area contributed by atoms with Crippen molar-refractivity contribution in [1.82, 2.24) is 0 Å². The summed E-state index contributed by atoms with van der Waals surface area (Å²) >= 11 is 0. The molecule has 2 aliphatic rings. The number of fused-ring (bicyclic) bond motifs is 1. The van der Waals surface area contributed by atoms with Crippen LogP contribution in [0.15, 0.2) is 42.5 Å². The fourth-order valence-electron chi connectivity index (χ4n) is 4.31. The topological polar surface area (TPSA) is 53.0 Å². The molecule has 1 N–H and O–H groups in total. The first-order valence-corrected chi connectivity index (χ1v) is 9.58. The monoisotopic (exact) mass is 366 g/mol. The summed E-state index contributed by atoms with van der Waals surface area (Å²) in [7, 11) is 0. The summed E-state index contributed by atoms with van der Waals surface area (Å²) in [6.45, 7) is 8.54. The molecule has 1 fully saturated rings. The van der Waals surface area contributed by atoms with Crippen LogP contribution < -0.4 is 9.80 Å². The summed E-state index contributed by atoms with van der Waals surface area (Å²) in [5.41, 5.74) is 3.38. The first-order chi connectivity index (χ1) is 12.9. The number of hydrogen-bond acceptors (Lipinski definition) is 4. The van der Waals surface area contributed by atoms with Crippen LogP contribution in [0.3, 0.4) is 0 Å². The van der Waals surface area contributed by atoms with E-state index in [2.05, 4.69) is 30.9 Å². The van der Waals surface area contributed by atoms with Crippen LogP contribution in [-0.2, 0) is 4.74 Å². The Bertz CT molecular complexity index is 839. The predicted octanol–water partition coefficient (Wildman–Crippen LogP) is 3.77. The molecule has 1 amide bonds. The van der Waals surface area contributed by atoms with Crippen LogP contribution in [0.5, 0.6) is 5.75 Å². The van der Waals surface area contributed by atoms with Crippen molar-refractivity contribution in [2.75, 3.05) is 29.4 Å². The van der Waals surface area contributed by atoms with Crippen molar-refractivity contribution in [3.05, 3.63) is 53.6 Å². The van der Waals surface area contributed by atoms with Gasteiger partial charge in [-0.2, -0.15) is 0 Å². The molecule has 5 heteroatoms. The molecule has 0 radical (unpaired) electrons. The molecule has 2 heterocycles. The Balaban J connectivity index is 1.58. The number of morpholine rings is 1. The van der Waals surface area contributed by atoms with Gasteiger partial charge in [0.15, 0.2) is 0 Å². The van der Waals surface area contributed by atoms with E-state index < -0.39 is 0 Å². The quantitative estimate of drug-likeness (QED) is 0.879. The molecule has 0 saturated carbocycles. The number of anilines is 2. The molecule has 27 heavy (non-hydrogen) atoms. The minimum atomic E-state index is -0.0552. The Morgan fingerprint density at radius 1 is 0.926 bits per heavy atom. The van der Waals surface area contributed by atoms with Gasteiger partial charge in [-0.3, -0.25) is 4.79 Å². The Hall–Kier alpha value is -2.53. The molecule has 5 nitrogen and oxygen atoms in total. The van der Waals surface area contributed by atoms with E-state index in [4.69, 9.17) is 4.74 Å². The molecule has 3 atom stereocenters. The highest BCUT2D eigenvalue weighted by Gasteiger charge is 2.32. The van der Waals surface area contributed by atoms with Gasteiger partial charge >= 0.3 is 0 Å². The summed E-state index contributed by atoms with van der Waals surface area (Å²) < 4.78 is 5.81. The van der Waals surface area contributed by atoms with E-state index in [9.17, 15) is 9.90 Å². The van der Waals surface area contributed by atoms with Gasteiger partial charge in [0.05, 0.1) is 12.2 Å². The lowest BCUT2D eigenvalue weighted by Crippen LogP contribution is -2.45. The number of carbonyl (C=O) groups excluding carboxylic acids is 1. The van der Waals surface area contributed by atoms with Crippen molar-refractivity contribution < 1.29 is 14.6 Å². The summed E-state index contributed by atoms with van der Waals surface area (Å²) in [6, 6.07) is 13.4. The second-order valence-electron chi connectivity index (χ2n) is 7.73. The molecule has 2 aromatic carbocycles. The van der Waals surface area contributed by atoms with Gasteiger partial charge in [0.1, 0.15) is 5.75 Å². The summed E-state index contributed by atoms with van der Waals surface area (Å²) in [5, 5.41) is 10.1. The smallest absolute Gasteiger partial charge is 0.258 e. The first kappa shape index (κ1) is 17.9. The van der Waals surface area contributed by atoms with Gasteiger partial charge in [0.25, 0.3) is 5.91 Å². The van der Waals surface area contributed by atoms with Gasteiger partial charge in [0, 0.05) is 48.1 Å². The van der Waals surface area contributed by atoms with Gasteiger partial charge in [0.2, 0.25) is 0 Å². The number of ether oxygens (including phenoxy) is 1. The fraction of sp³-hybridized carbons (Fsp3) is 0.409. The minimum absolute atomic E-state index is 0.0552. The molecule has 0 aliphatic carbocycles. The molecule has 4 rings (SSSR count). The highest BCUT2D eigenvalue weighted by Crippen LogP contribution is 2.36. The molecule has 0 aromatic heterocycles. The number of nitrogens with zero attached hydrogens (tertiary/aromatic N) is 2. The maximum Gasteiger partial charge on any atom is 0.258 e. The van der Waals surface area contributed by atoms with Gasteiger partial charge in [-0.1, -0.05) is 13.0 Å². The van der Waals surface area contributed by atoms with Crippen LogP contribution in [0.4, 0.5) is 11.4 Å². The third-order valence-corrected chi connectivity index (χ3v) is 5.45. The number of amides is 1. The average molecular weight is 366 g/mol. The van der Waals surface area contributed by atoms with Crippen LogP contribution in [0.1, 0.15) is 42.6 Å². The second-order valence-corrected chi connectivity index (χ2v) is 7.73. The maximum atomic E-state index is 13.0. The van der Waals surface area contributed by atoms with Gasteiger partial charge in [-0.05, 0) is 50.2 Å². The Labute approximate surface area is 160 Å². The van der Waals surface area contributed by atoms with E-state index >= 15 is 0 Å². The molecular formula is C22H26N2O3. The summed E-state index contributed by atoms with van der Waals surface area (Å²) in [5.74, 6) is 0.235. The van der Waals surface area contributed by atoms with Gasteiger partial charge < -0.3 is 19.6 Å². The van der Waals surface area contributed by atoms with Crippen molar-refractivity contribution in [3.8, 4) is 5.75 Å². The summed E-state index contributed by atoms with van der Waals surface area (Å²) in [4.78, 5) is 17.1. The molecule has 0 bridgehead atoms. The van der Waals surface area contributed by atoms with E-state index in [1.807, 2.05) is 19.1 Å². The minimum Gasteiger partial charge on any atom is -0.508 e. The van der Waals surface area contributed by atoms with Crippen molar-refractivity contribution in [2.45, 2.75) is 38.9 Å². The molecule has 1 unspecified atom stereocenters. The largest absolute Gasteiger partial charge is 0.508 e. The first-order valence-electron chi connectivity index (χ1n) is 9.58. The average Bonchev–Trinajstić information content (AvgIpc) is 2.64. The van der Waals surface area contributed by atoms with E-state index in [0.717, 1.165) is 30.0 Å². The Morgan fingerprint density at radius 3 is 2.22 bits per heavy atom. The lowest BCUT2D eigenvalue weighted by atomic mass is 9.89. The number of carbonyl (C=O) groups is 1. The van der Waals surface area contributed by atoms with E-state index in [0.29, 0.717) is 12.1 Å². The van der Waals surface area contributed by atoms with E-state index in [1.165, 1.54) is 0 Å². The third-order valence-electron chi connectivity index (χ3n) is 5.45. The van der Waals surface area contributed by atoms with Crippen LogP contribution in [-0.4, -0.2) is 42.9 Å². The zero-order valence-corrected chi connectivity index (χ0v) is 16.1. The highest BCUT2D eigenvalue weighted by molar-refractivity contribution is 6.09. The van der Waals surface area contributed by atoms with Crippen molar-refractivity contribution in [2.24, 2.45) is 0 Å². The number of benzene rings is 2. The standard InChI is InChI=1S/C22H26N2O3/c1-14-11-24(22(26)19-5-4-6-20(25)21(14)19)18-9-7-17(8-10-18)23-12-15(2)27-16(3)13-23/h4-10,14-16,25H,11-13H2,1-3H3/t14?,15-,16+.